The van der Waals surface area contributed by atoms with Crippen LogP contribution in [0.25, 0.3) is 0 Å². The second-order valence-corrected chi connectivity index (χ2v) is 7.54. The van der Waals surface area contributed by atoms with E-state index < -0.39 is 22.7 Å². The van der Waals surface area contributed by atoms with Gasteiger partial charge in [-0.25, -0.2) is 5.43 Å². The predicted molar refractivity (Wildman–Crippen MR) is 103 cm³/mol. The Morgan fingerprint density at radius 1 is 1.24 bits per heavy atom. The van der Waals surface area contributed by atoms with Crippen molar-refractivity contribution in [3.63, 3.8) is 0 Å². The van der Waals surface area contributed by atoms with Gasteiger partial charge in [0.15, 0.2) is 11.5 Å². The fraction of sp³-hybridized carbons (Fsp3) is 0.300. The van der Waals surface area contributed by atoms with Gasteiger partial charge in [-0.2, -0.15) is 5.10 Å². The first-order valence-corrected chi connectivity index (χ1v) is 8.87. The average Bonchev–Trinajstić information content (AvgIpc) is 2.66. The summed E-state index contributed by atoms with van der Waals surface area (Å²) in [6.45, 7) is 6.19. The van der Waals surface area contributed by atoms with Crippen LogP contribution in [0.3, 0.4) is 0 Å². The van der Waals surface area contributed by atoms with E-state index in [1.54, 1.807) is 6.07 Å². The molecule has 9 nitrogen and oxygen atoms in total. The molecular formula is C20H20N3O6-. The Bertz CT molecular complexity index is 981. The summed E-state index contributed by atoms with van der Waals surface area (Å²) in [5.74, 6) is 0.0311. The van der Waals surface area contributed by atoms with Gasteiger partial charge in [0.05, 0.1) is 16.7 Å². The second-order valence-electron chi connectivity index (χ2n) is 7.54. The maximum Gasteiger partial charge on any atom is 0.284 e. The average molecular weight is 398 g/mol. The van der Waals surface area contributed by atoms with Crippen LogP contribution in [0.15, 0.2) is 41.5 Å². The number of hydrazone groups is 1. The zero-order valence-corrected chi connectivity index (χ0v) is 16.2. The van der Waals surface area contributed by atoms with Gasteiger partial charge in [0.2, 0.25) is 6.10 Å². The molecule has 0 aliphatic carbocycles. The van der Waals surface area contributed by atoms with E-state index in [0.717, 1.165) is 30.0 Å². The van der Waals surface area contributed by atoms with Gasteiger partial charge in [-0.3, -0.25) is 14.9 Å². The van der Waals surface area contributed by atoms with E-state index >= 15 is 0 Å². The summed E-state index contributed by atoms with van der Waals surface area (Å²) in [6, 6.07) is 8.83. The van der Waals surface area contributed by atoms with Crippen LogP contribution < -0.4 is 20.0 Å². The Labute approximate surface area is 167 Å². The van der Waals surface area contributed by atoms with Gasteiger partial charge >= 0.3 is 0 Å². The molecule has 2 aromatic carbocycles. The molecule has 1 amide bonds. The summed E-state index contributed by atoms with van der Waals surface area (Å²) in [7, 11) is 0. The Morgan fingerprint density at radius 2 is 2.00 bits per heavy atom. The van der Waals surface area contributed by atoms with Gasteiger partial charge in [-0.15, -0.1) is 5.75 Å². The van der Waals surface area contributed by atoms with Crippen molar-refractivity contribution >= 4 is 17.8 Å². The number of carbonyl (C=O) groups excluding carboxylic acids is 1. The molecule has 1 aliphatic heterocycles. The van der Waals surface area contributed by atoms with Gasteiger partial charge < -0.3 is 14.6 Å². The minimum Gasteiger partial charge on any atom is -0.872 e. The third-order valence-corrected chi connectivity index (χ3v) is 4.34. The summed E-state index contributed by atoms with van der Waals surface area (Å²) in [5.41, 5.74) is 2.90. The zero-order chi connectivity index (χ0) is 21.2. The molecule has 0 spiro atoms. The lowest BCUT2D eigenvalue weighted by atomic mass is 9.87. The highest BCUT2D eigenvalue weighted by molar-refractivity contribution is 5.88. The minimum absolute atomic E-state index is 0.000585. The molecular weight excluding hydrogens is 378 g/mol. The van der Waals surface area contributed by atoms with Crippen LogP contribution in [0.1, 0.15) is 31.9 Å². The number of hydrogen-bond donors (Lipinski definition) is 1. The first-order valence-electron chi connectivity index (χ1n) is 8.87. The topological polar surface area (TPSA) is 126 Å². The van der Waals surface area contributed by atoms with Crippen LogP contribution >= 0.6 is 0 Å². The van der Waals surface area contributed by atoms with Gasteiger partial charge in [0.25, 0.3) is 11.6 Å². The molecule has 2 aromatic rings. The zero-order valence-electron chi connectivity index (χ0n) is 16.2. The van der Waals surface area contributed by atoms with Crippen molar-refractivity contribution < 1.29 is 24.3 Å². The number of carbonyl (C=O) groups is 1. The van der Waals surface area contributed by atoms with Crippen molar-refractivity contribution in [1.29, 1.82) is 0 Å². The fourth-order valence-corrected chi connectivity index (χ4v) is 2.71. The summed E-state index contributed by atoms with van der Waals surface area (Å²) in [5, 5.41) is 26.1. The number of amides is 1. The number of ether oxygens (including phenoxy) is 2. The number of rotatable bonds is 4. The highest BCUT2D eigenvalue weighted by atomic mass is 16.6. The number of nitrogens with zero attached hydrogens (tertiary/aromatic N) is 2. The molecule has 0 unspecified atom stereocenters. The molecule has 1 aliphatic rings. The summed E-state index contributed by atoms with van der Waals surface area (Å²) < 4.78 is 11.3. The fourth-order valence-electron chi connectivity index (χ4n) is 2.71. The Balaban J connectivity index is 1.69. The third-order valence-electron chi connectivity index (χ3n) is 4.34. The maximum atomic E-state index is 12.3. The molecule has 0 saturated heterocycles. The molecule has 3 rings (SSSR count). The lowest BCUT2D eigenvalue weighted by molar-refractivity contribution is -0.385. The van der Waals surface area contributed by atoms with E-state index in [0.29, 0.717) is 11.5 Å². The van der Waals surface area contributed by atoms with Gasteiger partial charge in [-0.1, -0.05) is 39.0 Å². The van der Waals surface area contributed by atoms with Crippen molar-refractivity contribution in [1.82, 2.24) is 5.43 Å². The molecule has 29 heavy (non-hydrogen) atoms. The number of benzene rings is 2. The minimum atomic E-state index is -0.935. The van der Waals surface area contributed by atoms with Gasteiger partial charge in [0.1, 0.15) is 6.61 Å². The van der Waals surface area contributed by atoms with Crippen LogP contribution in [-0.2, 0) is 10.2 Å². The number of hydrogen-bond acceptors (Lipinski definition) is 7. The molecule has 1 N–H and O–H groups in total. The van der Waals surface area contributed by atoms with Crippen LogP contribution in [0.5, 0.6) is 17.2 Å². The first kappa shape index (κ1) is 20.1. The highest BCUT2D eigenvalue weighted by Crippen LogP contribution is 2.36. The lowest BCUT2D eigenvalue weighted by Crippen LogP contribution is -2.42. The summed E-state index contributed by atoms with van der Waals surface area (Å²) in [4.78, 5) is 22.7. The summed E-state index contributed by atoms with van der Waals surface area (Å²) >= 11 is 0. The molecule has 9 heteroatoms. The highest BCUT2D eigenvalue weighted by Gasteiger charge is 2.28. The van der Waals surface area contributed by atoms with Crippen molar-refractivity contribution in [2.75, 3.05) is 6.61 Å². The predicted octanol–water partition coefficient (Wildman–Crippen LogP) is 2.26. The normalized spacial score (nSPS) is 15.9. The van der Waals surface area contributed by atoms with E-state index in [4.69, 9.17) is 9.47 Å². The van der Waals surface area contributed by atoms with E-state index in [1.807, 2.05) is 12.1 Å². The van der Waals surface area contributed by atoms with Crippen molar-refractivity contribution in [2.24, 2.45) is 5.10 Å². The maximum absolute atomic E-state index is 12.3. The largest absolute Gasteiger partial charge is 0.872 e. The van der Waals surface area contributed by atoms with E-state index in [9.17, 15) is 20.0 Å². The number of nitro benzene ring substituents is 1. The SMILES string of the molecule is CC(C)(C)c1ccc2c(c1)O[C@H](C(=O)N/N=C/c1cc([O-])ccc1[N+](=O)[O-])CO2. The smallest absolute Gasteiger partial charge is 0.284 e. The monoisotopic (exact) mass is 398 g/mol. The van der Waals surface area contributed by atoms with Gasteiger partial charge in [-0.05, 0) is 23.1 Å². The van der Waals surface area contributed by atoms with Crippen LogP contribution in [-0.4, -0.2) is 29.8 Å². The molecule has 0 bridgehead atoms. The quantitative estimate of drug-likeness (QED) is 0.478. The Kier molecular flexibility index (Phi) is 5.40. The molecule has 1 atom stereocenters. The van der Waals surface area contributed by atoms with E-state index in [-0.39, 0.29) is 23.3 Å². The Hall–Kier alpha value is -3.62. The standard InChI is InChI=1S/C20H21N3O6/c1-20(2,3)13-4-7-16-17(9-13)29-18(11-28-16)19(25)22-21-10-12-8-14(24)5-6-15(12)23(26)27/h4-10,18,24H,11H2,1-3H3,(H,22,25)/p-1/b21-10+/t18-/m0/s1. The van der Waals surface area contributed by atoms with Crippen LogP contribution in [0.4, 0.5) is 5.69 Å². The van der Waals surface area contributed by atoms with E-state index in [2.05, 4.69) is 31.3 Å². The molecule has 1 heterocycles. The number of nitrogens with one attached hydrogen (secondary N) is 1. The summed E-state index contributed by atoms with van der Waals surface area (Å²) in [6.07, 6.45) is 0.114. The molecule has 0 fully saturated rings. The molecule has 0 saturated carbocycles. The van der Waals surface area contributed by atoms with E-state index in [1.165, 1.54) is 0 Å². The first-order chi connectivity index (χ1) is 13.6. The van der Waals surface area contributed by atoms with Crippen LogP contribution in [0.2, 0.25) is 0 Å². The number of nitro groups is 1. The van der Waals surface area contributed by atoms with Crippen LogP contribution in [0, 0.1) is 10.1 Å². The van der Waals surface area contributed by atoms with Gasteiger partial charge in [0, 0.05) is 6.07 Å². The number of fused-ring (bicyclic) bond motifs is 1. The third kappa shape index (κ3) is 4.63. The lowest BCUT2D eigenvalue weighted by Gasteiger charge is -2.27. The van der Waals surface area contributed by atoms with Crippen molar-refractivity contribution in [3.05, 3.63) is 57.6 Å². The molecule has 0 aromatic heterocycles. The van der Waals surface area contributed by atoms with Crippen molar-refractivity contribution in [3.8, 4) is 17.2 Å². The second kappa shape index (κ2) is 7.78. The molecule has 152 valence electrons. The Morgan fingerprint density at radius 3 is 2.69 bits per heavy atom. The van der Waals surface area contributed by atoms with Crippen molar-refractivity contribution in [2.45, 2.75) is 32.3 Å². The molecule has 0 radical (unpaired) electrons.